The van der Waals surface area contributed by atoms with E-state index in [1.54, 1.807) is 15.7 Å². The van der Waals surface area contributed by atoms with E-state index in [1.807, 2.05) is 6.92 Å². The quantitative estimate of drug-likeness (QED) is 0.708. The van der Waals surface area contributed by atoms with E-state index in [1.165, 1.54) is 23.5 Å². The van der Waals surface area contributed by atoms with E-state index in [0.29, 0.717) is 29.5 Å². The normalized spacial score (nSPS) is 17.0. The third-order valence-corrected chi connectivity index (χ3v) is 5.39. The Morgan fingerprint density at radius 2 is 1.81 bits per heavy atom. The summed E-state index contributed by atoms with van der Waals surface area (Å²) >= 11 is 1.34. The van der Waals surface area contributed by atoms with Crippen LogP contribution in [0.3, 0.4) is 0 Å². The van der Waals surface area contributed by atoms with Gasteiger partial charge in [-0.2, -0.15) is 18.2 Å². The van der Waals surface area contributed by atoms with Crippen LogP contribution in [0.5, 0.6) is 0 Å². The minimum absolute atomic E-state index is 0.292. The number of aromatic nitrogens is 1. The number of hydrogen-bond donors (Lipinski definition) is 0. The maximum atomic E-state index is 12.7. The molecule has 2 heterocycles. The molecule has 8 heteroatoms. The molecule has 0 N–H and O–H groups in total. The molecule has 1 aliphatic rings. The summed E-state index contributed by atoms with van der Waals surface area (Å²) in [6.07, 6.45) is -0.673. The first kappa shape index (κ1) is 18.7. The van der Waals surface area contributed by atoms with Crippen LogP contribution in [0.15, 0.2) is 35.5 Å². The van der Waals surface area contributed by atoms with Gasteiger partial charge in [0.1, 0.15) is 0 Å². The molecule has 4 nitrogen and oxygen atoms in total. The number of halogens is 3. The average Bonchev–Trinajstić information content (AvgIpc) is 2.95. The fraction of sp³-hybridized carbons (Fsp3) is 0.444. The fourth-order valence-electron chi connectivity index (χ4n) is 2.88. The zero-order chi connectivity index (χ0) is 18.9. The van der Waals surface area contributed by atoms with Crippen molar-refractivity contribution < 1.29 is 18.0 Å². The zero-order valence-corrected chi connectivity index (χ0v) is 15.4. The summed E-state index contributed by atoms with van der Waals surface area (Å²) in [4.78, 5) is 19.8. The standard InChI is InChI=1S/C18H20F3N3OS/c1-12-7-9-23(10-8-12)16(25)22-17-24(11-13(2)26-17)15-5-3-14(4-6-15)18(19,20)21/h3-6,11-12H,7-10H2,1-2H3/b22-17-. The first-order chi connectivity index (χ1) is 12.2. The molecule has 1 aliphatic heterocycles. The Hall–Kier alpha value is -2.09. The summed E-state index contributed by atoms with van der Waals surface area (Å²) in [5, 5.41) is 0. The number of urea groups is 1. The number of carbonyl (C=O) groups excluding carboxylic acids is 1. The van der Waals surface area contributed by atoms with E-state index in [-0.39, 0.29) is 6.03 Å². The van der Waals surface area contributed by atoms with Gasteiger partial charge in [-0.05, 0) is 49.9 Å². The number of likely N-dealkylation sites (tertiary alicyclic amines) is 1. The molecule has 0 unspecified atom stereocenters. The van der Waals surface area contributed by atoms with Crippen LogP contribution in [0.4, 0.5) is 18.0 Å². The number of rotatable bonds is 1. The molecule has 0 radical (unpaired) electrons. The Morgan fingerprint density at radius 1 is 1.19 bits per heavy atom. The molecule has 26 heavy (non-hydrogen) atoms. The van der Waals surface area contributed by atoms with Crippen molar-refractivity contribution in [3.63, 3.8) is 0 Å². The van der Waals surface area contributed by atoms with Crippen LogP contribution in [-0.2, 0) is 6.18 Å². The molecule has 3 rings (SSSR count). The summed E-state index contributed by atoms with van der Waals surface area (Å²) in [5.74, 6) is 0.611. The van der Waals surface area contributed by atoms with Crippen LogP contribution >= 0.6 is 11.3 Å². The largest absolute Gasteiger partial charge is 0.416 e. The van der Waals surface area contributed by atoms with Gasteiger partial charge in [0.2, 0.25) is 0 Å². The molecular formula is C18H20F3N3OS. The molecule has 2 aromatic rings. The highest BCUT2D eigenvalue weighted by molar-refractivity contribution is 7.09. The van der Waals surface area contributed by atoms with Crippen LogP contribution in [0, 0.1) is 12.8 Å². The van der Waals surface area contributed by atoms with Gasteiger partial charge >= 0.3 is 12.2 Å². The lowest BCUT2D eigenvalue weighted by atomic mass is 10.00. The van der Waals surface area contributed by atoms with Gasteiger partial charge in [0.15, 0.2) is 4.80 Å². The molecule has 140 valence electrons. The highest BCUT2D eigenvalue weighted by Gasteiger charge is 2.30. The molecular weight excluding hydrogens is 363 g/mol. The summed E-state index contributed by atoms with van der Waals surface area (Å²) in [5.41, 5.74) is -0.160. The van der Waals surface area contributed by atoms with Crippen molar-refractivity contribution in [2.24, 2.45) is 10.9 Å². The predicted molar refractivity (Wildman–Crippen MR) is 94.3 cm³/mol. The highest BCUT2D eigenvalue weighted by atomic mass is 32.1. The van der Waals surface area contributed by atoms with Crippen molar-refractivity contribution in [2.45, 2.75) is 32.9 Å². The molecule has 2 amide bonds. The molecule has 0 spiro atoms. The summed E-state index contributed by atoms with van der Waals surface area (Å²) in [6.45, 7) is 5.42. The third kappa shape index (κ3) is 4.17. The number of carbonyl (C=O) groups is 1. The number of thiazole rings is 1. The van der Waals surface area contributed by atoms with Crippen molar-refractivity contribution >= 4 is 17.4 Å². The van der Waals surface area contributed by atoms with Crippen molar-refractivity contribution in [3.05, 3.63) is 45.7 Å². The fourth-order valence-corrected chi connectivity index (χ4v) is 3.71. The lowest BCUT2D eigenvalue weighted by molar-refractivity contribution is -0.137. The van der Waals surface area contributed by atoms with E-state index in [2.05, 4.69) is 11.9 Å². The lowest BCUT2D eigenvalue weighted by Gasteiger charge is -2.28. The van der Waals surface area contributed by atoms with E-state index >= 15 is 0 Å². The van der Waals surface area contributed by atoms with Crippen LogP contribution < -0.4 is 4.80 Å². The molecule has 0 atom stereocenters. The lowest BCUT2D eigenvalue weighted by Crippen LogP contribution is -2.37. The Balaban J connectivity index is 1.89. The van der Waals surface area contributed by atoms with Crippen LogP contribution in [0.1, 0.15) is 30.2 Å². The molecule has 1 aromatic carbocycles. The second kappa shape index (κ2) is 7.26. The van der Waals surface area contributed by atoms with Gasteiger partial charge in [-0.3, -0.25) is 4.57 Å². The number of amides is 2. The van der Waals surface area contributed by atoms with Crippen molar-refractivity contribution in [1.82, 2.24) is 9.47 Å². The van der Waals surface area contributed by atoms with Gasteiger partial charge in [-0.1, -0.05) is 6.92 Å². The monoisotopic (exact) mass is 383 g/mol. The predicted octanol–water partition coefficient (Wildman–Crippen LogP) is 4.62. The second-order valence-electron chi connectivity index (χ2n) is 6.60. The zero-order valence-electron chi connectivity index (χ0n) is 14.6. The van der Waals surface area contributed by atoms with Gasteiger partial charge in [0.25, 0.3) is 0 Å². The summed E-state index contributed by atoms with van der Waals surface area (Å²) in [6, 6.07) is 4.56. The number of nitrogens with zero attached hydrogens (tertiary/aromatic N) is 3. The molecule has 0 aliphatic carbocycles. The van der Waals surface area contributed by atoms with Crippen molar-refractivity contribution in [3.8, 4) is 5.69 Å². The van der Waals surface area contributed by atoms with E-state index in [9.17, 15) is 18.0 Å². The maximum absolute atomic E-state index is 12.7. The van der Waals surface area contributed by atoms with Gasteiger partial charge in [-0.15, -0.1) is 11.3 Å². The average molecular weight is 383 g/mol. The number of benzene rings is 1. The Labute approximate surface area is 153 Å². The van der Waals surface area contributed by atoms with Crippen LogP contribution in [0.25, 0.3) is 5.69 Å². The van der Waals surface area contributed by atoms with Crippen molar-refractivity contribution in [2.75, 3.05) is 13.1 Å². The minimum atomic E-state index is -4.37. The number of piperidine rings is 1. The molecule has 1 fully saturated rings. The van der Waals surface area contributed by atoms with Gasteiger partial charge in [-0.25, -0.2) is 4.79 Å². The molecule has 1 saturated heterocycles. The van der Waals surface area contributed by atoms with Gasteiger partial charge in [0, 0.05) is 29.9 Å². The molecule has 1 aromatic heterocycles. The van der Waals surface area contributed by atoms with Crippen LogP contribution in [-0.4, -0.2) is 28.6 Å². The Bertz CT molecular complexity index is 844. The van der Waals surface area contributed by atoms with Gasteiger partial charge < -0.3 is 4.90 Å². The first-order valence-electron chi connectivity index (χ1n) is 8.44. The topological polar surface area (TPSA) is 37.6 Å². The minimum Gasteiger partial charge on any atom is -0.323 e. The Kier molecular flexibility index (Phi) is 5.22. The number of aryl methyl sites for hydroxylation is 1. The van der Waals surface area contributed by atoms with Gasteiger partial charge in [0.05, 0.1) is 5.56 Å². The van der Waals surface area contributed by atoms with E-state index < -0.39 is 11.7 Å². The summed E-state index contributed by atoms with van der Waals surface area (Å²) in [7, 11) is 0. The van der Waals surface area contributed by atoms with Crippen molar-refractivity contribution in [1.29, 1.82) is 0 Å². The Morgan fingerprint density at radius 3 is 2.38 bits per heavy atom. The molecule has 0 saturated carbocycles. The SMILES string of the molecule is Cc1cn(-c2ccc(C(F)(F)F)cc2)/c(=N/C(=O)N2CCC(C)CC2)s1. The van der Waals surface area contributed by atoms with E-state index in [4.69, 9.17) is 0 Å². The number of alkyl halides is 3. The molecule has 0 bridgehead atoms. The summed E-state index contributed by atoms with van der Waals surface area (Å²) < 4.78 is 39.9. The smallest absolute Gasteiger partial charge is 0.323 e. The third-order valence-electron chi connectivity index (χ3n) is 4.49. The van der Waals surface area contributed by atoms with Crippen LogP contribution in [0.2, 0.25) is 0 Å². The maximum Gasteiger partial charge on any atom is 0.416 e. The number of hydrogen-bond acceptors (Lipinski definition) is 2. The first-order valence-corrected chi connectivity index (χ1v) is 9.26. The van der Waals surface area contributed by atoms with E-state index in [0.717, 1.165) is 29.9 Å². The second-order valence-corrected chi connectivity index (χ2v) is 7.82. The highest BCUT2D eigenvalue weighted by Crippen LogP contribution is 2.29.